The fourth-order valence-corrected chi connectivity index (χ4v) is 5.07. The fraction of sp³-hybridized carbons (Fsp3) is 0.667. The number of ether oxygens (including phenoxy) is 1. The lowest BCUT2D eigenvalue weighted by Crippen LogP contribution is -2.52. The third kappa shape index (κ3) is 7.74. The van der Waals surface area contributed by atoms with Crippen LogP contribution >= 0.6 is 0 Å². The summed E-state index contributed by atoms with van der Waals surface area (Å²) in [5.41, 5.74) is 0.142. The van der Waals surface area contributed by atoms with Crippen LogP contribution in [0.1, 0.15) is 46.1 Å². The van der Waals surface area contributed by atoms with Crippen molar-refractivity contribution in [2.24, 2.45) is 5.41 Å². The van der Waals surface area contributed by atoms with E-state index in [9.17, 15) is 22.4 Å². The van der Waals surface area contributed by atoms with Crippen molar-refractivity contribution in [3.63, 3.8) is 0 Å². The number of likely N-dealkylation sites (tertiary alicyclic amines) is 1. The Morgan fingerprint density at radius 3 is 2.38 bits per heavy atom. The molecule has 0 aromatic heterocycles. The second kappa shape index (κ2) is 12.1. The summed E-state index contributed by atoms with van der Waals surface area (Å²) in [5, 5.41) is 0. The predicted molar refractivity (Wildman–Crippen MR) is 129 cm³/mol. The standard InChI is InChI=1S/C24H38FN3O5S/c1-6-34(31,32)27(14-15-33-5)18-22(29)28(17-19-8-7-9-20(25)16-19)21-10-12-26(13-11-21)23(30)24(2,3)4/h7-9,16,21H,6,10-15,17-18H2,1-5H3. The number of nitrogens with zero attached hydrogens (tertiary/aromatic N) is 3. The van der Waals surface area contributed by atoms with Gasteiger partial charge >= 0.3 is 0 Å². The van der Waals surface area contributed by atoms with Crippen molar-refractivity contribution in [2.75, 3.05) is 45.6 Å². The summed E-state index contributed by atoms with van der Waals surface area (Å²) >= 11 is 0. The molecule has 1 saturated heterocycles. The Labute approximate surface area is 203 Å². The molecule has 0 aliphatic carbocycles. The van der Waals surface area contributed by atoms with Crippen molar-refractivity contribution in [3.8, 4) is 0 Å². The van der Waals surface area contributed by atoms with Crippen molar-refractivity contribution in [1.29, 1.82) is 0 Å². The Hall–Kier alpha value is -2.04. The van der Waals surface area contributed by atoms with E-state index in [2.05, 4.69) is 0 Å². The molecular formula is C24H38FN3O5S. The predicted octanol–water partition coefficient (Wildman–Crippen LogP) is 2.49. The number of carbonyl (C=O) groups excluding carboxylic acids is 2. The van der Waals surface area contributed by atoms with Crippen molar-refractivity contribution in [1.82, 2.24) is 14.1 Å². The third-order valence-electron chi connectivity index (χ3n) is 6.01. The molecule has 10 heteroatoms. The Kier molecular flexibility index (Phi) is 10.0. The van der Waals surface area contributed by atoms with Gasteiger partial charge in [0.1, 0.15) is 5.82 Å². The van der Waals surface area contributed by atoms with E-state index < -0.39 is 21.3 Å². The van der Waals surface area contributed by atoms with Gasteiger partial charge < -0.3 is 14.5 Å². The highest BCUT2D eigenvalue weighted by atomic mass is 32.2. The van der Waals surface area contributed by atoms with Crippen LogP contribution in [0.15, 0.2) is 24.3 Å². The number of carbonyl (C=O) groups is 2. The van der Waals surface area contributed by atoms with Crippen LogP contribution in [0.4, 0.5) is 4.39 Å². The maximum absolute atomic E-state index is 13.8. The lowest BCUT2D eigenvalue weighted by atomic mass is 9.92. The minimum absolute atomic E-state index is 0.0636. The average Bonchev–Trinajstić information content (AvgIpc) is 2.79. The normalized spacial score (nSPS) is 15.6. The maximum atomic E-state index is 13.8. The summed E-state index contributed by atoms with van der Waals surface area (Å²) in [6.45, 7) is 8.29. The summed E-state index contributed by atoms with van der Waals surface area (Å²) in [4.78, 5) is 29.6. The van der Waals surface area contributed by atoms with Crippen LogP contribution in [0, 0.1) is 11.2 Å². The van der Waals surface area contributed by atoms with Crippen molar-refractivity contribution < 1.29 is 27.1 Å². The zero-order valence-corrected chi connectivity index (χ0v) is 21.7. The molecule has 1 fully saturated rings. The lowest BCUT2D eigenvalue weighted by Gasteiger charge is -2.41. The van der Waals surface area contributed by atoms with Crippen LogP contribution < -0.4 is 0 Å². The minimum atomic E-state index is -3.61. The topological polar surface area (TPSA) is 87.2 Å². The van der Waals surface area contributed by atoms with Crippen molar-refractivity contribution >= 4 is 21.8 Å². The molecule has 1 aliphatic rings. The van der Waals surface area contributed by atoms with Gasteiger partial charge in [0, 0.05) is 44.7 Å². The van der Waals surface area contributed by atoms with E-state index >= 15 is 0 Å². The Balaban J connectivity index is 2.24. The highest BCUT2D eigenvalue weighted by molar-refractivity contribution is 7.89. The van der Waals surface area contributed by atoms with Crippen LogP contribution in [0.3, 0.4) is 0 Å². The molecule has 1 aliphatic heterocycles. The van der Waals surface area contributed by atoms with Gasteiger partial charge in [0.2, 0.25) is 21.8 Å². The van der Waals surface area contributed by atoms with Gasteiger partial charge in [-0.2, -0.15) is 4.31 Å². The number of piperidine rings is 1. The van der Waals surface area contributed by atoms with E-state index in [0.717, 1.165) is 4.31 Å². The van der Waals surface area contributed by atoms with Crippen LogP contribution in [0.2, 0.25) is 0 Å². The molecular weight excluding hydrogens is 461 g/mol. The smallest absolute Gasteiger partial charge is 0.238 e. The lowest BCUT2D eigenvalue weighted by molar-refractivity contribution is -0.142. The van der Waals surface area contributed by atoms with Gasteiger partial charge in [-0.05, 0) is 37.5 Å². The molecule has 192 valence electrons. The molecule has 0 spiro atoms. The quantitative estimate of drug-likeness (QED) is 0.494. The zero-order chi connectivity index (χ0) is 25.5. The van der Waals surface area contributed by atoms with Crippen molar-refractivity contribution in [3.05, 3.63) is 35.6 Å². The largest absolute Gasteiger partial charge is 0.383 e. The Morgan fingerprint density at radius 2 is 1.85 bits per heavy atom. The number of sulfonamides is 1. The van der Waals surface area contributed by atoms with Crippen LogP contribution in [-0.2, 0) is 30.9 Å². The highest BCUT2D eigenvalue weighted by Gasteiger charge is 2.34. The molecule has 0 saturated carbocycles. The minimum Gasteiger partial charge on any atom is -0.383 e. The first-order chi connectivity index (χ1) is 15.9. The molecule has 0 bridgehead atoms. The first-order valence-corrected chi connectivity index (χ1v) is 13.3. The molecule has 1 aromatic carbocycles. The molecule has 0 atom stereocenters. The highest BCUT2D eigenvalue weighted by Crippen LogP contribution is 2.24. The first-order valence-electron chi connectivity index (χ1n) is 11.7. The van der Waals surface area contributed by atoms with Gasteiger partial charge in [0.25, 0.3) is 0 Å². The van der Waals surface area contributed by atoms with Gasteiger partial charge in [0.05, 0.1) is 18.9 Å². The average molecular weight is 500 g/mol. The van der Waals surface area contributed by atoms with Crippen molar-refractivity contribution in [2.45, 2.75) is 53.1 Å². The van der Waals surface area contributed by atoms with E-state index in [-0.39, 0.29) is 49.9 Å². The molecule has 0 radical (unpaired) electrons. The van der Waals surface area contributed by atoms with Crippen LogP contribution in [-0.4, -0.2) is 86.0 Å². The molecule has 2 rings (SSSR count). The molecule has 0 unspecified atom stereocenters. The van der Waals surface area contributed by atoms with Gasteiger partial charge in [-0.3, -0.25) is 9.59 Å². The first kappa shape index (κ1) is 28.2. The molecule has 34 heavy (non-hydrogen) atoms. The second-order valence-electron chi connectivity index (χ2n) is 9.65. The number of benzene rings is 1. The van der Waals surface area contributed by atoms with Gasteiger partial charge in [-0.1, -0.05) is 32.9 Å². The number of halogens is 1. The van der Waals surface area contributed by atoms with E-state index in [0.29, 0.717) is 31.5 Å². The molecule has 1 heterocycles. The number of rotatable bonds is 10. The number of amides is 2. The van der Waals surface area contributed by atoms with Crippen LogP contribution in [0.25, 0.3) is 0 Å². The number of hydrogen-bond acceptors (Lipinski definition) is 5. The monoisotopic (exact) mass is 499 g/mol. The molecule has 2 amide bonds. The summed E-state index contributed by atoms with van der Waals surface area (Å²) in [6, 6.07) is 5.86. The second-order valence-corrected chi connectivity index (χ2v) is 11.9. The SMILES string of the molecule is CCS(=O)(=O)N(CCOC)CC(=O)N(Cc1cccc(F)c1)C1CCN(C(=O)C(C)(C)C)CC1. The fourth-order valence-electron chi connectivity index (χ4n) is 4.04. The van der Waals surface area contributed by atoms with Gasteiger partial charge in [-0.25, -0.2) is 12.8 Å². The summed E-state index contributed by atoms with van der Waals surface area (Å²) in [6.07, 6.45) is 1.14. The van der Waals surface area contributed by atoms with Crippen LogP contribution in [0.5, 0.6) is 0 Å². The van der Waals surface area contributed by atoms with E-state index in [1.807, 2.05) is 25.7 Å². The molecule has 1 aromatic rings. The summed E-state index contributed by atoms with van der Waals surface area (Å²) in [5.74, 6) is -0.807. The van der Waals surface area contributed by atoms with E-state index in [1.54, 1.807) is 17.0 Å². The molecule has 8 nitrogen and oxygen atoms in total. The maximum Gasteiger partial charge on any atom is 0.238 e. The third-order valence-corrected chi connectivity index (χ3v) is 7.84. The Morgan fingerprint density at radius 1 is 1.21 bits per heavy atom. The van der Waals surface area contributed by atoms with E-state index in [1.165, 1.54) is 26.2 Å². The van der Waals surface area contributed by atoms with E-state index in [4.69, 9.17) is 4.74 Å². The summed E-state index contributed by atoms with van der Waals surface area (Å²) < 4.78 is 45.1. The zero-order valence-electron chi connectivity index (χ0n) is 20.9. The number of hydrogen-bond donors (Lipinski definition) is 0. The van der Waals surface area contributed by atoms with Gasteiger partial charge in [-0.15, -0.1) is 0 Å². The number of methoxy groups -OCH3 is 1. The van der Waals surface area contributed by atoms with Gasteiger partial charge in [0.15, 0.2) is 0 Å². The summed E-state index contributed by atoms with van der Waals surface area (Å²) in [7, 11) is -2.14. The molecule has 0 N–H and O–H groups in total. The Bertz CT molecular complexity index is 940.